The number of aliphatic carboxylic acids is 1. The van der Waals surface area contributed by atoms with Gasteiger partial charge >= 0.3 is 5.97 Å². The van der Waals surface area contributed by atoms with Crippen molar-refractivity contribution >= 4 is 11.7 Å². The van der Waals surface area contributed by atoms with Gasteiger partial charge in [-0.15, -0.1) is 0 Å². The fourth-order valence-electron chi connectivity index (χ4n) is 2.92. The second kappa shape index (κ2) is 3.20. The molecule has 0 amide bonds. The van der Waals surface area contributed by atoms with Gasteiger partial charge in [-0.05, 0) is 25.0 Å². The fourth-order valence-corrected chi connectivity index (χ4v) is 2.92. The van der Waals surface area contributed by atoms with Crippen LogP contribution in [0.15, 0.2) is 24.5 Å². The van der Waals surface area contributed by atoms with E-state index in [0.29, 0.717) is 5.41 Å². The first-order valence-corrected chi connectivity index (χ1v) is 5.56. The van der Waals surface area contributed by atoms with Crippen molar-refractivity contribution in [2.75, 3.05) is 18.0 Å². The van der Waals surface area contributed by atoms with Gasteiger partial charge in [-0.25, -0.2) is 0 Å². The highest BCUT2D eigenvalue weighted by Crippen LogP contribution is 2.52. The molecule has 0 aromatic carbocycles. The summed E-state index contributed by atoms with van der Waals surface area (Å²) in [5.74, 6) is -0.729. The molecule has 1 saturated carbocycles. The van der Waals surface area contributed by atoms with Crippen molar-refractivity contribution in [2.24, 2.45) is 11.3 Å². The van der Waals surface area contributed by atoms with Crippen LogP contribution < -0.4 is 4.90 Å². The Morgan fingerprint density at radius 3 is 2.56 bits per heavy atom. The molecule has 0 unspecified atom stereocenters. The number of nitrogens with zero attached hydrogens (tertiary/aromatic N) is 2. The molecule has 2 heterocycles. The highest BCUT2D eigenvalue weighted by atomic mass is 16.4. The Hall–Kier alpha value is -1.58. The predicted octanol–water partition coefficient (Wildman–Crippen LogP) is 1.38. The van der Waals surface area contributed by atoms with E-state index in [1.807, 2.05) is 12.1 Å². The Morgan fingerprint density at radius 2 is 2.00 bits per heavy atom. The molecule has 2 aliphatic rings. The Kier molecular flexibility index (Phi) is 1.93. The standard InChI is InChI=1S/C12H14N2O2/c15-11(16)9-5-12(6-9)7-14(8-12)10-1-3-13-4-2-10/h1-4,9H,5-8H2,(H,15,16). The monoisotopic (exact) mass is 218 g/mol. The number of carbonyl (C=O) groups is 1. The summed E-state index contributed by atoms with van der Waals surface area (Å²) >= 11 is 0. The maximum absolute atomic E-state index is 10.7. The zero-order valence-electron chi connectivity index (χ0n) is 8.97. The van der Waals surface area contributed by atoms with Gasteiger partial charge in [0.15, 0.2) is 0 Å². The first-order chi connectivity index (χ1) is 7.69. The summed E-state index contributed by atoms with van der Waals surface area (Å²) in [4.78, 5) is 17.0. The SMILES string of the molecule is O=C(O)C1CC2(C1)CN(c1ccncc1)C2. The number of rotatable bonds is 2. The van der Waals surface area contributed by atoms with E-state index < -0.39 is 5.97 Å². The van der Waals surface area contributed by atoms with Crippen molar-refractivity contribution < 1.29 is 9.90 Å². The Balaban J connectivity index is 1.59. The van der Waals surface area contributed by atoms with Gasteiger partial charge in [0, 0.05) is 36.6 Å². The number of pyridine rings is 1. The van der Waals surface area contributed by atoms with E-state index in [1.165, 1.54) is 5.69 Å². The third-order valence-corrected chi connectivity index (χ3v) is 3.79. The molecular formula is C12H14N2O2. The summed E-state index contributed by atoms with van der Waals surface area (Å²) in [6, 6.07) is 4.00. The average molecular weight is 218 g/mol. The number of hydrogen-bond acceptors (Lipinski definition) is 3. The molecule has 1 N–H and O–H groups in total. The van der Waals surface area contributed by atoms with Crippen molar-refractivity contribution in [1.82, 2.24) is 4.98 Å². The summed E-state index contributed by atoms with van der Waals surface area (Å²) in [6.07, 6.45) is 5.29. The van der Waals surface area contributed by atoms with Crippen molar-refractivity contribution in [1.29, 1.82) is 0 Å². The number of anilines is 1. The maximum atomic E-state index is 10.7. The van der Waals surface area contributed by atoms with Crippen molar-refractivity contribution in [3.63, 3.8) is 0 Å². The molecular weight excluding hydrogens is 204 g/mol. The van der Waals surface area contributed by atoms with Gasteiger partial charge in [0.1, 0.15) is 0 Å². The molecule has 1 aromatic rings. The highest BCUT2D eigenvalue weighted by Gasteiger charge is 2.54. The first kappa shape index (κ1) is 9.63. The quantitative estimate of drug-likeness (QED) is 0.814. The molecule has 1 spiro atoms. The van der Waals surface area contributed by atoms with Crippen LogP contribution in [-0.2, 0) is 4.79 Å². The van der Waals surface area contributed by atoms with Gasteiger partial charge in [-0.1, -0.05) is 0 Å². The van der Waals surface area contributed by atoms with Crippen LogP contribution in [0.2, 0.25) is 0 Å². The number of carboxylic acid groups (broad SMARTS) is 1. The second-order valence-corrected chi connectivity index (χ2v) is 5.00. The van der Waals surface area contributed by atoms with E-state index in [4.69, 9.17) is 5.11 Å². The molecule has 0 radical (unpaired) electrons. The second-order valence-electron chi connectivity index (χ2n) is 5.00. The highest BCUT2D eigenvalue weighted by molar-refractivity contribution is 5.72. The van der Waals surface area contributed by atoms with Crippen LogP contribution in [0.5, 0.6) is 0 Å². The van der Waals surface area contributed by atoms with Crippen LogP contribution >= 0.6 is 0 Å². The molecule has 3 rings (SSSR count). The van der Waals surface area contributed by atoms with Gasteiger partial charge in [0.2, 0.25) is 0 Å². The van der Waals surface area contributed by atoms with Crippen molar-refractivity contribution in [3.05, 3.63) is 24.5 Å². The Labute approximate surface area is 93.9 Å². The molecule has 1 aromatic heterocycles. The molecule has 1 aliphatic carbocycles. The third kappa shape index (κ3) is 1.37. The zero-order chi connectivity index (χ0) is 11.2. The van der Waals surface area contributed by atoms with Crippen LogP contribution in [0.4, 0.5) is 5.69 Å². The molecule has 4 heteroatoms. The van der Waals surface area contributed by atoms with Crippen LogP contribution in [0.1, 0.15) is 12.8 Å². The fraction of sp³-hybridized carbons (Fsp3) is 0.500. The molecule has 16 heavy (non-hydrogen) atoms. The van der Waals surface area contributed by atoms with Gasteiger partial charge in [0.25, 0.3) is 0 Å². The van der Waals surface area contributed by atoms with E-state index in [1.54, 1.807) is 12.4 Å². The van der Waals surface area contributed by atoms with Crippen LogP contribution in [0.25, 0.3) is 0 Å². The van der Waals surface area contributed by atoms with Crippen molar-refractivity contribution in [3.8, 4) is 0 Å². The van der Waals surface area contributed by atoms with E-state index in [2.05, 4.69) is 9.88 Å². The maximum Gasteiger partial charge on any atom is 0.306 e. The van der Waals surface area contributed by atoms with Crippen molar-refractivity contribution in [2.45, 2.75) is 12.8 Å². The minimum absolute atomic E-state index is 0.0976. The summed E-state index contributed by atoms with van der Waals surface area (Å²) in [5.41, 5.74) is 1.49. The predicted molar refractivity (Wildman–Crippen MR) is 59.2 cm³/mol. The summed E-state index contributed by atoms with van der Waals surface area (Å²) in [5, 5.41) is 8.85. The molecule has 4 nitrogen and oxygen atoms in total. The molecule has 2 fully saturated rings. The summed E-state index contributed by atoms with van der Waals surface area (Å²) in [6.45, 7) is 2.00. The summed E-state index contributed by atoms with van der Waals surface area (Å²) < 4.78 is 0. The van der Waals surface area contributed by atoms with E-state index >= 15 is 0 Å². The molecule has 0 atom stereocenters. The topological polar surface area (TPSA) is 53.4 Å². The van der Waals surface area contributed by atoms with Gasteiger partial charge in [0.05, 0.1) is 5.92 Å². The van der Waals surface area contributed by atoms with Gasteiger partial charge in [-0.3, -0.25) is 9.78 Å². The largest absolute Gasteiger partial charge is 0.481 e. The summed E-state index contributed by atoms with van der Waals surface area (Å²) in [7, 11) is 0. The van der Waals surface area contributed by atoms with Gasteiger partial charge in [-0.2, -0.15) is 0 Å². The minimum atomic E-state index is -0.631. The molecule has 1 saturated heterocycles. The minimum Gasteiger partial charge on any atom is -0.481 e. The zero-order valence-corrected chi connectivity index (χ0v) is 8.97. The smallest absolute Gasteiger partial charge is 0.306 e. The van der Waals surface area contributed by atoms with E-state index in [0.717, 1.165) is 25.9 Å². The molecule has 1 aliphatic heterocycles. The Bertz CT molecular complexity index is 404. The first-order valence-electron chi connectivity index (χ1n) is 5.56. The Morgan fingerprint density at radius 1 is 1.38 bits per heavy atom. The van der Waals surface area contributed by atoms with Crippen LogP contribution in [0, 0.1) is 11.3 Å². The number of hydrogen-bond donors (Lipinski definition) is 1. The van der Waals surface area contributed by atoms with Crippen LogP contribution in [0.3, 0.4) is 0 Å². The number of carboxylic acids is 1. The molecule has 0 bridgehead atoms. The van der Waals surface area contributed by atoms with E-state index in [-0.39, 0.29) is 5.92 Å². The normalized spacial score (nSPS) is 22.6. The van der Waals surface area contributed by atoms with Gasteiger partial charge < -0.3 is 10.0 Å². The average Bonchev–Trinajstić information content (AvgIpc) is 2.14. The number of aromatic nitrogens is 1. The lowest BCUT2D eigenvalue weighted by atomic mass is 9.57. The lowest BCUT2D eigenvalue weighted by Gasteiger charge is -2.59. The lowest BCUT2D eigenvalue weighted by molar-refractivity contribution is -0.151. The van der Waals surface area contributed by atoms with Crippen LogP contribution in [-0.4, -0.2) is 29.1 Å². The lowest BCUT2D eigenvalue weighted by Crippen LogP contribution is -2.63. The molecule has 84 valence electrons. The third-order valence-electron chi connectivity index (χ3n) is 3.79. The van der Waals surface area contributed by atoms with E-state index in [9.17, 15) is 4.79 Å².